The van der Waals surface area contributed by atoms with Crippen LogP contribution >= 0.6 is 0 Å². The molecule has 0 radical (unpaired) electrons. The van der Waals surface area contributed by atoms with Crippen molar-refractivity contribution in [1.82, 2.24) is 9.88 Å². The van der Waals surface area contributed by atoms with E-state index in [0.717, 1.165) is 29.5 Å². The second-order valence-corrected chi connectivity index (χ2v) is 8.98. The largest absolute Gasteiger partial charge is 0.497 e. The minimum atomic E-state index is -3.03. The van der Waals surface area contributed by atoms with Crippen LogP contribution in [0.25, 0.3) is 10.9 Å². The average Bonchev–Trinajstić information content (AvgIpc) is 3.37. The van der Waals surface area contributed by atoms with Crippen LogP contribution in [0.5, 0.6) is 5.75 Å². The summed E-state index contributed by atoms with van der Waals surface area (Å²) in [6.07, 6.45) is 2.40. The lowest BCUT2D eigenvalue weighted by molar-refractivity contribution is 0.0675. The molecule has 132 valence electrons. The number of rotatable bonds is 4. The number of aromatic nitrogens is 1. The van der Waals surface area contributed by atoms with Crippen LogP contribution < -0.4 is 4.74 Å². The van der Waals surface area contributed by atoms with E-state index in [9.17, 15) is 13.2 Å². The smallest absolute Gasteiger partial charge is 0.273 e. The standard InChI is InChI=1S/C18H20N2O4S/c1-24-15-5-7-16-12(10-15)2-6-17(19-16)18(21)20(13-3-4-13)14-8-9-25(22,23)11-14/h2,5-7,10,13-14H,3-4,8-9,11H2,1H3. The van der Waals surface area contributed by atoms with E-state index in [4.69, 9.17) is 4.74 Å². The molecule has 6 nitrogen and oxygen atoms in total. The van der Waals surface area contributed by atoms with E-state index in [1.165, 1.54) is 0 Å². The number of benzene rings is 1. The number of sulfone groups is 1. The normalized spacial score (nSPS) is 22.0. The van der Waals surface area contributed by atoms with Crippen LogP contribution in [0.2, 0.25) is 0 Å². The zero-order valence-corrected chi connectivity index (χ0v) is 14.8. The number of pyridine rings is 1. The Morgan fingerprint density at radius 1 is 1.16 bits per heavy atom. The van der Waals surface area contributed by atoms with Crippen molar-refractivity contribution in [1.29, 1.82) is 0 Å². The van der Waals surface area contributed by atoms with Crippen LogP contribution in [0.3, 0.4) is 0 Å². The van der Waals surface area contributed by atoms with Gasteiger partial charge in [-0.05, 0) is 43.5 Å². The molecule has 1 saturated heterocycles. The Morgan fingerprint density at radius 2 is 1.96 bits per heavy atom. The van der Waals surface area contributed by atoms with Crippen molar-refractivity contribution >= 4 is 26.6 Å². The Morgan fingerprint density at radius 3 is 2.60 bits per heavy atom. The van der Waals surface area contributed by atoms with Crippen molar-refractivity contribution in [3.8, 4) is 5.75 Å². The van der Waals surface area contributed by atoms with Gasteiger partial charge in [-0.15, -0.1) is 0 Å². The lowest BCUT2D eigenvalue weighted by Gasteiger charge is -2.28. The molecule has 1 aliphatic carbocycles. The Balaban J connectivity index is 1.65. The van der Waals surface area contributed by atoms with E-state index in [-0.39, 0.29) is 29.5 Å². The third-order valence-electron chi connectivity index (χ3n) is 4.89. The monoisotopic (exact) mass is 360 g/mol. The fraction of sp³-hybridized carbons (Fsp3) is 0.444. The summed E-state index contributed by atoms with van der Waals surface area (Å²) in [5.74, 6) is 0.811. The van der Waals surface area contributed by atoms with E-state index < -0.39 is 9.84 Å². The van der Waals surface area contributed by atoms with Gasteiger partial charge in [0.05, 0.1) is 24.1 Å². The minimum absolute atomic E-state index is 0.0695. The van der Waals surface area contributed by atoms with E-state index >= 15 is 0 Å². The van der Waals surface area contributed by atoms with Crippen molar-refractivity contribution in [2.75, 3.05) is 18.6 Å². The fourth-order valence-corrected chi connectivity index (χ4v) is 5.17. The van der Waals surface area contributed by atoms with Crippen LogP contribution in [-0.4, -0.2) is 54.9 Å². The van der Waals surface area contributed by atoms with E-state index in [2.05, 4.69) is 4.98 Å². The number of ether oxygens (including phenoxy) is 1. The maximum atomic E-state index is 13.0. The number of fused-ring (bicyclic) bond motifs is 1. The molecule has 0 spiro atoms. The quantitative estimate of drug-likeness (QED) is 0.834. The molecule has 4 rings (SSSR count). The molecule has 25 heavy (non-hydrogen) atoms. The zero-order valence-electron chi connectivity index (χ0n) is 14.0. The first-order chi connectivity index (χ1) is 12.0. The Kier molecular flexibility index (Phi) is 3.91. The minimum Gasteiger partial charge on any atom is -0.497 e. The number of carbonyl (C=O) groups excluding carboxylic acids is 1. The second kappa shape index (κ2) is 5.98. The molecule has 1 saturated carbocycles. The number of methoxy groups -OCH3 is 1. The predicted octanol–water partition coefficient (Wildman–Crippen LogP) is 2.04. The Hall–Kier alpha value is -2.15. The molecule has 2 fully saturated rings. The molecular formula is C18H20N2O4S. The summed E-state index contributed by atoms with van der Waals surface area (Å²) in [5.41, 5.74) is 1.09. The topological polar surface area (TPSA) is 76.6 Å². The summed E-state index contributed by atoms with van der Waals surface area (Å²) >= 11 is 0. The maximum Gasteiger partial charge on any atom is 0.273 e. The van der Waals surface area contributed by atoms with Gasteiger partial charge in [-0.2, -0.15) is 0 Å². The maximum absolute atomic E-state index is 13.0. The van der Waals surface area contributed by atoms with E-state index in [1.807, 2.05) is 24.3 Å². The molecule has 0 N–H and O–H groups in total. The van der Waals surface area contributed by atoms with Gasteiger partial charge in [0.25, 0.3) is 5.91 Å². The lowest BCUT2D eigenvalue weighted by atomic mass is 10.1. The van der Waals surface area contributed by atoms with Crippen molar-refractivity contribution in [2.45, 2.75) is 31.3 Å². The predicted molar refractivity (Wildman–Crippen MR) is 94.5 cm³/mol. The second-order valence-electron chi connectivity index (χ2n) is 6.76. The summed E-state index contributed by atoms with van der Waals surface area (Å²) in [7, 11) is -1.43. The molecule has 0 bridgehead atoms. The van der Waals surface area contributed by atoms with Crippen LogP contribution in [-0.2, 0) is 9.84 Å². The van der Waals surface area contributed by atoms with Crippen LogP contribution in [0.15, 0.2) is 30.3 Å². The number of hydrogen-bond donors (Lipinski definition) is 0. The van der Waals surface area contributed by atoms with Gasteiger partial charge < -0.3 is 9.64 Å². The molecule has 1 amide bonds. The molecule has 7 heteroatoms. The van der Waals surface area contributed by atoms with Gasteiger partial charge in [-0.3, -0.25) is 4.79 Å². The van der Waals surface area contributed by atoms with Crippen molar-refractivity contribution in [2.24, 2.45) is 0 Å². The van der Waals surface area contributed by atoms with Crippen LogP contribution in [0, 0.1) is 0 Å². The number of carbonyl (C=O) groups is 1. The van der Waals surface area contributed by atoms with Crippen molar-refractivity contribution < 1.29 is 17.9 Å². The molecule has 1 unspecified atom stereocenters. The number of hydrogen-bond acceptors (Lipinski definition) is 5. The van der Waals surface area contributed by atoms with Gasteiger partial charge in [0.15, 0.2) is 9.84 Å². The summed E-state index contributed by atoms with van der Waals surface area (Å²) in [4.78, 5) is 19.3. The SMILES string of the molecule is COc1ccc2nc(C(=O)N(C3CC3)C3CCS(=O)(=O)C3)ccc2c1. The molecule has 1 aromatic carbocycles. The third kappa shape index (κ3) is 3.20. The highest BCUT2D eigenvalue weighted by Crippen LogP contribution is 2.33. The molecule has 1 aliphatic heterocycles. The number of nitrogens with zero attached hydrogens (tertiary/aromatic N) is 2. The molecule has 2 aliphatic rings. The van der Waals surface area contributed by atoms with Gasteiger partial charge in [0.2, 0.25) is 0 Å². The Labute approximate surface area is 146 Å². The molecule has 1 atom stereocenters. The summed E-state index contributed by atoms with van der Waals surface area (Å²) in [5, 5.41) is 0.900. The van der Waals surface area contributed by atoms with Crippen molar-refractivity contribution in [3.05, 3.63) is 36.0 Å². The zero-order chi connectivity index (χ0) is 17.6. The molecular weight excluding hydrogens is 340 g/mol. The first-order valence-corrected chi connectivity index (χ1v) is 10.3. The van der Waals surface area contributed by atoms with Crippen LogP contribution in [0.1, 0.15) is 29.8 Å². The van der Waals surface area contributed by atoms with Gasteiger partial charge in [0.1, 0.15) is 11.4 Å². The Bertz CT molecular complexity index is 937. The highest BCUT2D eigenvalue weighted by Gasteiger charge is 2.42. The van der Waals surface area contributed by atoms with E-state index in [0.29, 0.717) is 12.1 Å². The van der Waals surface area contributed by atoms with E-state index in [1.54, 1.807) is 18.1 Å². The molecule has 2 aromatic rings. The fourth-order valence-electron chi connectivity index (χ4n) is 3.46. The highest BCUT2D eigenvalue weighted by atomic mass is 32.2. The van der Waals surface area contributed by atoms with Gasteiger partial charge >= 0.3 is 0 Å². The third-order valence-corrected chi connectivity index (χ3v) is 6.64. The summed E-state index contributed by atoms with van der Waals surface area (Å²) < 4.78 is 28.8. The molecule has 2 heterocycles. The first-order valence-electron chi connectivity index (χ1n) is 8.45. The average molecular weight is 360 g/mol. The lowest BCUT2D eigenvalue weighted by Crippen LogP contribution is -2.43. The number of amides is 1. The van der Waals surface area contributed by atoms with Gasteiger partial charge in [-0.25, -0.2) is 13.4 Å². The molecule has 1 aromatic heterocycles. The van der Waals surface area contributed by atoms with Gasteiger partial charge in [-0.1, -0.05) is 6.07 Å². The highest BCUT2D eigenvalue weighted by molar-refractivity contribution is 7.91. The summed E-state index contributed by atoms with van der Waals surface area (Å²) in [6.45, 7) is 0. The summed E-state index contributed by atoms with van der Waals surface area (Å²) in [6, 6.07) is 9.01. The first kappa shape index (κ1) is 16.3. The van der Waals surface area contributed by atoms with Gasteiger partial charge in [0, 0.05) is 17.5 Å². The van der Waals surface area contributed by atoms with Crippen molar-refractivity contribution in [3.63, 3.8) is 0 Å². The van der Waals surface area contributed by atoms with Crippen LogP contribution in [0.4, 0.5) is 0 Å².